The second-order valence-corrected chi connectivity index (χ2v) is 9.00. The summed E-state index contributed by atoms with van der Waals surface area (Å²) in [4.78, 5) is 0. The molecular formula is C32H28F4O. The number of hydrogen-bond donors (Lipinski definition) is 0. The molecule has 0 saturated heterocycles. The van der Waals surface area contributed by atoms with Crippen LogP contribution in [0.3, 0.4) is 0 Å². The van der Waals surface area contributed by atoms with Gasteiger partial charge in [0.1, 0.15) is 5.82 Å². The quantitative estimate of drug-likeness (QED) is 0.125. The SMILES string of the molecule is CCCCCCCc1ccc(-c2ccc3c(F)c(C#Cc4ccc(OC(F)F)c(F)c4)ccc3c2)cc1. The van der Waals surface area contributed by atoms with Crippen molar-refractivity contribution in [3.8, 4) is 28.7 Å². The largest absolute Gasteiger partial charge is 0.432 e. The zero-order valence-corrected chi connectivity index (χ0v) is 20.7. The van der Waals surface area contributed by atoms with Crippen molar-refractivity contribution >= 4 is 10.8 Å². The summed E-state index contributed by atoms with van der Waals surface area (Å²) in [6, 6.07) is 20.9. The molecule has 0 atom stereocenters. The topological polar surface area (TPSA) is 9.23 Å². The van der Waals surface area contributed by atoms with Crippen LogP contribution >= 0.6 is 0 Å². The third-order valence-electron chi connectivity index (χ3n) is 6.30. The Morgan fingerprint density at radius 2 is 1.51 bits per heavy atom. The lowest BCUT2D eigenvalue weighted by atomic mass is 9.97. The molecule has 1 nitrogen and oxygen atoms in total. The van der Waals surface area contributed by atoms with E-state index >= 15 is 4.39 Å². The van der Waals surface area contributed by atoms with Gasteiger partial charge in [0.05, 0.1) is 5.56 Å². The fourth-order valence-corrected chi connectivity index (χ4v) is 4.27. The first kappa shape index (κ1) is 26.3. The van der Waals surface area contributed by atoms with Crippen LogP contribution in [0.4, 0.5) is 17.6 Å². The highest BCUT2D eigenvalue weighted by atomic mass is 19.3. The molecule has 0 saturated carbocycles. The molecule has 0 unspecified atom stereocenters. The van der Waals surface area contributed by atoms with E-state index in [1.54, 1.807) is 18.2 Å². The molecule has 0 spiro atoms. The van der Waals surface area contributed by atoms with Gasteiger partial charge < -0.3 is 4.74 Å². The van der Waals surface area contributed by atoms with Crippen molar-refractivity contribution in [1.29, 1.82) is 0 Å². The number of benzene rings is 4. The molecule has 0 radical (unpaired) electrons. The van der Waals surface area contributed by atoms with Crippen molar-refractivity contribution in [2.75, 3.05) is 0 Å². The summed E-state index contributed by atoms with van der Waals surface area (Å²) in [7, 11) is 0. The molecule has 4 aromatic carbocycles. The van der Waals surface area contributed by atoms with Gasteiger partial charge in [-0.25, -0.2) is 8.78 Å². The van der Waals surface area contributed by atoms with Crippen LogP contribution < -0.4 is 4.74 Å². The Morgan fingerprint density at radius 3 is 2.24 bits per heavy atom. The lowest BCUT2D eigenvalue weighted by Crippen LogP contribution is -2.03. The number of unbranched alkanes of at least 4 members (excludes halogenated alkanes) is 4. The predicted molar refractivity (Wildman–Crippen MR) is 141 cm³/mol. The highest BCUT2D eigenvalue weighted by molar-refractivity contribution is 5.89. The van der Waals surface area contributed by atoms with Crippen molar-refractivity contribution in [2.45, 2.75) is 52.1 Å². The molecule has 0 heterocycles. The summed E-state index contributed by atoms with van der Waals surface area (Å²) in [5.41, 5.74) is 3.78. The monoisotopic (exact) mass is 504 g/mol. The second-order valence-electron chi connectivity index (χ2n) is 9.00. The zero-order valence-electron chi connectivity index (χ0n) is 20.7. The normalized spacial score (nSPS) is 11.0. The number of hydrogen-bond acceptors (Lipinski definition) is 1. The van der Waals surface area contributed by atoms with Crippen LogP contribution in [-0.2, 0) is 6.42 Å². The van der Waals surface area contributed by atoms with Crippen molar-refractivity contribution in [2.24, 2.45) is 0 Å². The van der Waals surface area contributed by atoms with Gasteiger partial charge in [0, 0.05) is 10.9 Å². The Kier molecular flexibility index (Phi) is 8.85. The highest BCUT2D eigenvalue weighted by Crippen LogP contribution is 2.28. The van der Waals surface area contributed by atoms with Gasteiger partial charge in [-0.15, -0.1) is 0 Å². The summed E-state index contributed by atoms with van der Waals surface area (Å²) >= 11 is 0. The first-order valence-electron chi connectivity index (χ1n) is 12.5. The van der Waals surface area contributed by atoms with Crippen molar-refractivity contribution in [1.82, 2.24) is 0 Å². The standard InChI is InChI=1S/C32H28F4O/c1-2-3-4-5-6-7-22-8-12-24(13-9-22)26-17-18-28-27(21-26)16-15-25(31(28)34)14-10-23-11-19-30(29(33)20-23)37-32(35)36/h8-9,11-13,15-21,32H,2-7H2,1H3. The molecule has 0 aliphatic rings. The molecule has 5 heteroatoms. The molecule has 4 rings (SSSR count). The van der Waals surface area contributed by atoms with E-state index in [0.29, 0.717) is 5.39 Å². The van der Waals surface area contributed by atoms with Gasteiger partial charge in [0.2, 0.25) is 0 Å². The zero-order chi connectivity index (χ0) is 26.2. The third-order valence-corrected chi connectivity index (χ3v) is 6.30. The molecule has 0 fully saturated rings. The van der Waals surface area contributed by atoms with Gasteiger partial charge in [0.25, 0.3) is 0 Å². The van der Waals surface area contributed by atoms with Gasteiger partial charge in [-0.1, -0.05) is 86.9 Å². The number of alkyl halides is 2. The minimum atomic E-state index is -3.12. The minimum absolute atomic E-state index is 0.164. The molecule has 37 heavy (non-hydrogen) atoms. The van der Waals surface area contributed by atoms with E-state index in [9.17, 15) is 13.2 Å². The lowest BCUT2D eigenvalue weighted by Gasteiger charge is -2.08. The average Bonchev–Trinajstić information content (AvgIpc) is 2.89. The predicted octanol–water partition coefficient (Wildman–Crippen LogP) is 9.30. The summed E-state index contributed by atoms with van der Waals surface area (Å²) < 4.78 is 57.8. The van der Waals surface area contributed by atoms with Crippen LogP contribution in [0.1, 0.15) is 55.7 Å². The number of rotatable bonds is 9. The van der Waals surface area contributed by atoms with Crippen LogP contribution in [0.15, 0.2) is 72.8 Å². The van der Waals surface area contributed by atoms with Crippen LogP contribution in [0.5, 0.6) is 5.75 Å². The Morgan fingerprint density at radius 1 is 0.757 bits per heavy atom. The number of halogens is 4. The maximum Gasteiger partial charge on any atom is 0.387 e. The van der Waals surface area contributed by atoms with Crippen molar-refractivity contribution in [3.05, 3.63) is 101 Å². The number of fused-ring (bicyclic) bond motifs is 1. The fourth-order valence-electron chi connectivity index (χ4n) is 4.27. The fraction of sp³-hybridized carbons (Fsp3) is 0.250. The van der Waals surface area contributed by atoms with Crippen LogP contribution in [-0.4, -0.2) is 6.61 Å². The van der Waals surface area contributed by atoms with E-state index in [1.807, 2.05) is 12.1 Å². The Bertz CT molecular complexity index is 1410. The Hall–Kier alpha value is -3.78. The van der Waals surface area contributed by atoms with Gasteiger partial charge in [-0.2, -0.15) is 8.78 Å². The van der Waals surface area contributed by atoms with E-state index < -0.39 is 24.0 Å². The summed E-state index contributed by atoms with van der Waals surface area (Å²) in [5.74, 6) is 3.40. The van der Waals surface area contributed by atoms with Crippen LogP contribution in [0.2, 0.25) is 0 Å². The molecule has 0 N–H and O–H groups in total. The molecule has 0 aliphatic heterocycles. The van der Waals surface area contributed by atoms with Gasteiger partial charge >= 0.3 is 6.61 Å². The lowest BCUT2D eigenvalue weighted by molar-refractivity contribution is -0.0521. The summed E-state index contributed by atoms with van der Waals surface area (Å²) in [6.45, 7) is -0.902. The van der Waals surface area contributed by atoms with Gasteiger partial charge in [0.15, 0.2) is 11.6 Å². The number of ether oxygens (including phenoxy) is 1. The van der Waals surface area contributed by atoms with E-state index in [4.69, 9.17) is 0 Å². The third kappa shape index (κ3) is 6.92. The highest BCUT2D eigenvalue weighted by Gasteiger charge is 2.10. The molecule has 190 valence electrons. The van der Waals surface area contributed by atoms with Crippen molar-refractivity contribution < 1.29 is 22.3 Å². The number of aryl methyl sites for hydroxylation is 1. The Balaban J connectivity index is 1.48. The van der Waals surface area contributed by atoms with Gasteiger partial charge in [-0.05, 0) is 65.3 Å². The van der Waals surface area contributed by atoms with Gasteiger partial charge in [-0.3, -0.25) is 0 Å². The molecule has 0 bridgehead atoms. The van der Waals surface area contributed by atoms with E-state index in [2.05, 4.69) is 47.8 Å². The summed E-state index contributed by atoms with van der Waals surface area (Å²) in [6.07, 6.45) is 7.38. The molecule has 0 aromatic heterocycles. The summed E-state index contributed by atoms with van der Waals surface area (Å²) in [5, 5.41) is 1.19. The van der Waals surface area contributed by atoms with E-state index in [1.165, 1.54) is 43.7 Å². The first-order valence-corrected chi connectivity index (χ1v) is 12.5. The van der Waals surface area contributed by atoms with E-state index in [-0.39, 0.29) is 11.1 Å². The first-order chi connectivity index (χ1) is 17.9. The van der Waals surface area contributed by atoms with Crippen LogP contribution in [0, 0.1) is 23.5 Å². The second kappa shape index (κ2) is 12.5. The smallest absolute Gasteiger partial charge is 0.387 e. The minimum Gasteiger partial charge on any atom is -0.432 e. The molecular weight excluding hydrogens is 476 g/mol. The maximum absolute atomic E-state index is 15.2. The average molecular weight is 505 g/mol. The molecule has 0 amide bonds. The molecule has 0 aliphatic carbocycles. The molecule has 4 aromatic rings. The van der Waals surface area contributed by atoms with E-state index in [0.717, 1.165) is 35.1 Å². The maximum atomic E-state index is 15.2. The Labute approximate surface area is 215 Å². The van der Waals surface area contributed by atoms with Crippen molar-refractivity contribution in [3.63, 3.8) is 0 Å². The van der Waals surface area contributed by atoms with Crippen LogP contribution in [0.25, 0.3) is 21.9 Å².